The maximum Gasteiger partial charge on any atom is 0.308 e. The summed E-state index contributed by atoms with van der Waals surface area (Å²) in [6, 6.07) is 11.2. The van der Waals surface area contributed by atoms with Crippen LogP contribution in [0, 0.1) is 18.3 Å². The SMILES string of the molecule is C#Cc1cccc(Nc2ncnc3cc(OC)c(OCCCCCCC(=O)COC(=O)C(C)C)cc23)c1. The van der Waals surface area contributed by atoms with Crippen LogP contribution in [0.25, 0.3) is 10.9 Å². The molecule has 0 saturated carbocycles. The molecule has 0 aliphatic heterocycles. The first-order valence-electron chi connectivity index (χ1n) is 12.4. The summed E-state index contributed by atoms with van der Waals surface area (Å²) in [5, 5.41) is 4.10. The molecule has 0 aliphatic carbocycles. The molecule has 0 bridgehead atoms. The fourth-order valence-corrected chi connectivity index (χ4v) is 3.61. The number of esters is 1. The minimum Gasteiger partial charge on any atom is -0.493 e. The van der Waals surface area contributed by atoms with Crippen LogP contribution < -0.4 is 14.8 Å². The lowest BCUT2D eigenvalue weighted by molar-refractivity contribution is -0.151. The second-order valence-corrected chi connectivity index (χ2v) is 8.91. The van der Waals surface area contributed by atoms with Gasteiger partial charge < -0.3 is 19.5 Å². The molecule has 0 saturated heterocycles. The Morgan fingerprint density at radius 1 is 1.05 bits per heavy atom. The summed E-state index contributed by atoms with van der Waals surface area (Å²) < 4.78 is 16.5. The monoisotopic (exact) mass is 503 g/mol. The van der Waals surface area contributed by atoms with E-state index in [9.17, 15) is 9.59 Å². The normalized spacial score (nSPS) is 10.7. The predicted molar refractivity (Wildman–Crippen MR) is 143 cm³/mol. The Bertz CT molecular complexity index is 1270. The van der Waals surface area contributed by atoms with Gasteiger partial charge >= 0.3 is 5.97 Å². The largest absolute Gasteiger partial charge is 0.493 e. The minimum absolute atomic E-state index is 0.0520. The van der Waals surface area contributed by atoms with Crippen molar-refractivity contribution in [3.8, 4) is 23.8 Å². The zero-order chi connectivity index (χ0) is 26.6. The van der Waals surface area contributed by atoms with Crippen LogP contribution >= 0.6 is 0 Å². The van der Waals surface area contributed by atoms with E-state index in [1.54, 1.807) is 21.0 Å². The average molecular weight is 504 g/mol. The number of nitrogens with one attached hydrogen (secondary N) is 1. The number of ether oxygens (including phenoxy) is 3. The predicted octanol–water partition coefficient (Wildman–Crippen LogP) is 5.46. The molecule has 0 fully saturated rings. The number of carbonyl (C=O) groups excluding carboxylic acids is 2. The summed E-state index contributed by atoms with van der Waals surface area (Å²) >= 11 is 0. The van der Waals surface area contributed by atoms with Crippen LogP contribution in [0.2, 0.25) is 0 Å². The number of unbranched alkanes of at least 4 members (excludes halogenated alkanes) is 3. The Morgan fingerprint density at radius 2 is 1.86 bits per heavy atom. The van der Waals surface area contributed by atoms with Gasteiger partial charge in [-0.1, -0.05) is 38.7 Å². The Hall–Kier alpha value is -4.12. The lowest BCUT2D eigenvalue weighted by Gasteiger charge is -2.14. The summed E-state index contributed by atoms with van der Waals surface area (Å²) in [4.78, 5) is 32.1. The Balaban J connectivity index is 1.52. The van der Waals surface area contributed by atoms with Gasteiger partial charge in [0.2, 0.25) is 0 Å². The van der Waals surface area contributed by atoms with Gasteiger partial charge in [-0.05, 0) is 37.1 Å². The summed E-state index contributed by atoms with van der Waals surface area (Å²) in [6.45, 7) is 3.85. The smallest absolute Gasteiger partial charge is 0.308 e. The Kier molecular flexibility index (Phi) is 10.3. The molecular weight excluding hydrogens is 470 g/mol. The van der Waals surface area contributed by atoms with Gasteiger partial charge in [0.15, 0.2) is 17.3 Å². The van der Waals surface area contributed by atoms with Gasteiger partial charge in [-0.15, -0.1) is 6.42 Å². The fourth-order valence-electron chi connectivity index (χ4n) is 3.61. The summed E-state index contributed by atoms with van der Waals surface area (Å²) in [6.07, 6.45) is 10.8. The molecule has 0 unspecified atom stereocenters. The van der Waals surface area contributed by atoms with E-state index in [0.717, 1.165) is 47.8 Å². The molecule has 1 aromatic heterocycles. The highest BCUT2D eigenvalue weighted by Crippen LogP contribution is 2.35. The quantitative estimate of drug-likeness (QED) is 0.176. The number of Topliss-reactive ketones (excluding diaryl/α,β-unsaturated/α-hetero) is 1. The number of hydrogen-bond acceptors (Lipinski definition) is 8. The van der Waals surface area contributed by atoms with Crippen LogP contribution in [0.3, 0.4) is 0 Å². The van der Waals surface area contributed by atoms with Crippen molar-refractivity contribution in [3.05, 3.63) is 48.3 Å². The third-order valence-electron chi connectivity index (χ3n) is 5.67. The summed E-state index contributed by atoms with van der Waals surface area (Å²) in [5.41, 5.74) is 2.32. The van der Waals surface area contributed by atoms with Crippen LogP contribution in [0.1, 0.15) is 51.5 Å². The molecule has 0 spiro atoms. The zero-order valence-electron chi connectivity index (χ0n) is 21.6. The maximum atomic E-state index is 11.9. The minimum atomic E-state index is -0.345. The molecule has 194 valence electrons. The number of terminal acetylenes is 1. The number of carbonyl (C=O) groups is 2. The summed E-state index contributed by atoms with van der Waals surface area (Å²) in [7, 11) is 1.59. The number of aromatic nitrogens is 2. The topological polar surface area (TPSA) is 99.6 Å². The Labute approximate surface area is 217 Å². The van der Waals surface area contributed by atoms with E-state index in [4.69, 9.17) is 20.6 Å². The second-order valence-electron chi connectivity index (χ2n) is 8.91. The van der Waals surface area contributed by atoms with Gasteiger partial charge in [-0.25, -0.2) is 9.97 Å². The van der Waals surface area contributed by atoms with Crippen molar-refractivity contribution < 1.29 is 23.8 Å². The van der Waals surface area contributed by atoms with E-state index in [-0.39, 0.29) is 24.3 Å². The lowest BCUT2D eigenvalue weighted by atomic mass is 10.1. The number of fused-ring (bicyclic) bond motifs is 1. The highest BCUT2D eigenvalue weighted by atomic mass is 16.5. The van der Waals surface area contributed by atoms with Gasteiger partial charge in [-0.2, -0.15) is 0 Å². The van der Waals surface area contributed by atoms with E-state index in [2.05, 4.69) is 21.2 Å². The molecule has 2 aromatic carbocycles. The van der Waals surface area contributed by atoms with E-state index in [1.807, 2.05) is 36.4 Å². The van der Waals surface area contributed by atoms with Crippen LogP contribution in [0.4, 0.5) is 11.5 Å². The van der Waals surface area contributed by atoms with Crippen LogP contribution in [-0.2, 0) is 14.3 Å². The molecule has 8 nitrogen and oxygen atoms in total. The molecule has 0 amide bonds. The highest BCUT2D eigenvalue weighted by Gasteiger charge is 2.13. The van der Waals surface area contributed by atoms with Crippen molar-refractivity contribution >= 4 is 34.2 Å². The average Bonchev–Trinajstić information content (AvgIpc) is 2.91. The van der Waals surface area contributed by atoms with E-state index >= 15 is 0 Å². The van der Waals surface area contributed by atoms with E-state index < -0.39 is 0 Å². The van der Waals surface area contributed by atoms with Crippen molar-refractivity contribution in [2.24, 2.45) is 5.92 Å². The van der Waals surface area contributed by atoms with Crippen molar-refractivity contribution in [3.63, 3.8) is 0 Å². The molecule has 0 radical (unpaired) electrons. The van der Waals surface area contributed by atoms with Gasteiger partial charge in [-0.3, -0.25) is 9.59 Å². The first kappa shape index (κ1) is 27.5. The molecule has 3 aromatic rings. The molecule has 1 N–H and O–H groups in total. The van der Waals surface area contributed by atoms with E-state index in [0.29, 0.717) is 30.3 Å². The van der Waals surface area contributed by atoms with E-state index in [1.165, 1.54) is 6.33 Å². The van der Waals surface area contributed by atoms with Crippen LogP contribution in [-0.4, -0.2) is 42.0 Å². The first-order chi connectivity index (χ1) is 17.9. The first-order valence-corrected chi connectivity index (χ1v) is 12.4. The summed E-state index contributed by atoms with van der Waals surface area (Å²) in [5.74, 6) is 3.84. The molecule has 8 heteroatoms. The van der Waals surface area contributed by atoms with Gasteiger partial charge in [0.05, 0.1) is 25.2 Å². The van der Waals surface area contributed by atoms with Crippen molar-refractivity contribution in [2.75, 3.05) is 25.6 Å². The number of benzene rings is 2. The van der Waals surface area contributed by atoms with Gasteiger partial charge in [0, 0.05) is 29.1 Å². The maximum absolute atomic E-state index is 11.9. The van der Waals surface area contributed by atoms with Crippen molar-refractivity contribution in [1.82, 2.24) is 9.97 Å². The number of anilines is 2. The molecule has 3 rings (SSSR count). The number of ketones is 1. The second kappa shape index (κ2) is 13.8. The third-order valence-corrected chi connectivity index (χ3v) is 5.67. The Morgan fingerprint density at radius 3 is 2.62 bits per heavy atom. The molecule has 0 aliphatic rings. The molecule has 37 heavy (non-hydrogen) atoms. The molecular formula is C29H33N3O5. The van der Waals surface area contributed by atoms with Gasteiger partial charge in [0.25, 0.3) is 0 Å². The lowest BCUT2D eigenvalue weighted by Crippen LogP contribution is -2.17. The van der Waals surface area contributed by atoms with Crippen LogP contribution in [0.15, 0.2) is 42.7 Å². The number of nitrogens with zero attached hydrogens (tertiary/aromatic N) is 2. The highest BCUT2D eigenvalue weighted by molar-refractivity contribution is 5.93. The third kappa shape index (κ3) is 8.21. The zero-order valence-corrected chi connectivity index (χ0v) is 21.6. The molecule has 0 atom stereocenters. The van der Waals surface area contributed by atoms with Crippen molar-refractivity contribution in [2.45, 2.75) is 46.0 Å². The number of hydrogen-bond donors (Lipinski definition) is 1. The fraction of sp³-hybridized carbons (Fsp3) is 0.379. The van der Waals surface area contributed by atoms with Gasteiger partial charge in [0.1, 0.15) is 18.8 Å². The standard InChI is InChI=1S/C29H33N3O5/c1-5-21-11-10-12-22(15-21)32-28-24-16-27(26(35-4)17-25(24)30-19-31-28)36-14-9-7-6-8-13-23(33)18-37-29(34)20(2)3/h1,10-12,15-17,19-20H,6-9,13-14,18H2,2-4H3,(H,30,31,32). The molecule has 1 heterocycles. The van der Waals surface area contributed by atoms with Crippen LogP contribution in [0.5, 0.6) is 11.5 Å². The van der Waals surface area contributed by atoms with Crippen molar-refractivity contribution in [1.29, 1.82) is 0 Å². The number of methoxy groups -OCH3 is 1. The number of rotatable bonds is 14.